The minimum absolute atomic E-state index is 0. The van der Waals surface area contributed by atoms with Gasteiger partial charge in [0.2, 0.25) is 0 Å². The van der Waals surface area contributed by atoms with E-state index in [0.29, 0.717) is 0 Å². The Hall–Kier alpha value is -0.0500. The first-order valence-electron chi connectivity index (χ1n) is 4.66. The molecule has 1 atom stereocenters. The van der Waals surface area contributed by atoms with E-state index in [2.05, 4.69) is 48.0 Å². The van der Waals surface area contributed by atoms with Crippen molar-refractivity contribution in [1.29, 1.82) is 0 Å². The molecule has 0 aliphatic rings. The molecule has 0 aromatic heterocycles. The Balaban J connectivity index is 0.00000169. The van der Waals surface area contributed by atoms with E-state index >= 15 is 0 Å². The first-order chi connectivity index (χ1) is 6.15. The van der Waals surface area contributed by atoms with Gasteiger partial charge in [0, 0.05) is 10.5 Å². The maximum atomic E-state index is 6.00. The third kappa shape index (κ3) is 3.60. The van der Waals surface area contributed by atoms with Gasteiger partial charge in [-0.05, 0) is 30.5 Å². The fourth-order valence-corrected chi connectivity index (χ4v) is 1.71. The summed E-state index contributed by atoms with van der Waals surface area (Å²) in [6, 6.07) is 6.52. The normalized spacial score (nSPS) is 12.0. The van der Waals surface area contributed by atoms with E-state index in [-0.39, 0.29) is 18.4 Å². The molecule has 0 heterocycles. The zero-order valence-corrected chi connectivity index (χ0v) is 11.0. The van der Waals surface area contributed by atoms with Gasteiger partial charge in [-0.2, -0.15) is 0 Å². The van der Waals surface area contributed by atoms with Crippen molar-refractivity contribution in [1.82, 2.24) is 0 Å². The van der Waals surface area contributed by atoms with Gasteiger partial charge in [-0.25, -0.2) is 0 Å². The molecule has 1 aromatic carbocycles. The molecule has 1 rings (SSSR count). The number of aryl methyl sites for hydroxylation is 1. The highest BCUT2D eigenvalue weighted by molar-refractivity contribution is 9.10. The highest BCUT2D eigenvalue weighted by Crippen LogP contribution is 2.22. The predicted octanol–water partition coefficient (Wildman–Crippen LogP) is 3.98. The molecule has 0 radical (unpaired) electrons. The van der Waals surface area contributed by atoms with Crippen LogP contribution in [0.3, 0.4) is 0 Å². The van der Waals surface area contributed by atoms with E-state index in [9.17, 15) is 0 Å². The van der Waals surface area contributed by atoms with Gasteiger partial charge in [-0.1, -0.05) is 41.4 Å². The minimum Gasteiger partial charge on any atom is -0.324 e. The Morgan fingerprint density at radius 3 is 2.57 bits per heavy atom. The summed E-state index contributed by atoms with van der Waals surface area (Å²) in [6.45, 7) is 4.24. The van der Waals surface area contributed by atoms with Crippen LogP contribution in [0.2, 0.25) is 0 Å². The van der Waals surface area contributed by atoms with Gasteiger partial charge in [0.15, 0.2) is 0 Å². The number of benzene rings is 1. The van der Waals surface area contributed by atoms with E-state index in [4.69, 9.17) is 5.73 Å². The topological polar surface area (TPSA) is 26.0 Å². The molecule has 0 unspecified atom stereocenters. The first kappa shape index (κ1) is 13.9. The maximum absolute atomic E-state index is 6.00. The van der Waals surface area contributed by atoms with Gasteiger partial charge in [0.25, 0.3) is 0 Å². The van der Waals surface area contributed by atoms with Gasteiger partial charge >= 0.3 is 0 Å². The van der Waals surface area contributed by atoms with Gasteiger partial charge in [-0.15, -0.1) is 12.4 Å². The van der Waals surface area contributed by atoms with Crippen LogP contribution in [0.1, 0.15) is 36.9 Å². The summed E-state index contributed by atoms with van der Waals surface area (Å²) in [7, 11) is 0. The monoisotopic (exact) mass is 277 g/mol. The number of hydrogen-bond acceptors (Lipinski definition) is 1. The van der Waals surface area contributed by atoms with E-state index in [0.717, 1.165) is 17.3 Å². The third-order valence-electron chi connectivity index (χ3n) is 2.22. The van der Waals surface area contributed by atoms with E-state index in [1.54, 1.807) is 0 Å². The fraction of sp³-hybridized carbons (Fsp3) is 0.455. The molecule has 0 saturated heterocycles. The van der Waals surface area contributed by atoms with Crippen molar-refractivity contribution in [2.24, 2.45) is 5.73 Å². The Kier molecular flexibility index (Phi) is 6.41. The van der Waals surface area contributed by atoms with Crippen LogP contribution in [0.4, 0.5) is 0 Å². The number of halogens is 2. The van der Waals surface area contributed by atoms with Crippen LogP contribution >= 0.6 is 28.3 Å². The van der Waals surface area contributed by atoms with E-state index < -0.39 is 0 Å². The second kappa shape index (κ2) is 6.44. The standard InChI is InChI=1S/C11H16BrN.ClH/c1-3-4-11(13)9-6-5-8(2)10(12)7-9;/h5-7,11H,3-4,13H2,1-2H3;1H/t11-;/m0./s1. The molecule has 1 nitrogen and oxygen atoms in total. The molecule has 2 N–H and O–H groups in total. The molecule has 0 aliphatic carbocycles. The zero-order valence-electron chi connectivity index (χ0n) is 8.59. The lowest BCUT2D eigenvalue weighted by Gasteiger charge is -2.11. The molecule has 80 valence electrons. The van der Waals surface area contributed by atoms with Gasteiger partial charge in [-0.3, -0.25) is 0 Å². The van der Waals surface area contributed by atoms with Crippen molar-refractivity contribution in [3.8, 4) is 0 Å². The fourth-order valence-electron chi connectivity index (χ4n) is 1.32. The number of rotatable bonds is 3. The lowest BCUT2D eigenvalue weighted by atomic mass is 10.0. The second-order valence-electron chi connectivity index (χ2n) is 3.40. The molecular formula is C11H17BrClN. The number of hydrogen-bond donors (Lipinski definition) is 1. The van der Waals surface area contributed by atoms with Crippen LogP contribution in [0, 0.1) is 6.92 Å². The Morgan fingerprint density at radius 2 is 2.07 bits per heavy atom. The van der Waals surface area contributed by atoms with E-state index in [1.165, 1.54) is 11.1 Å². The van der Waals surface area contributed by atoms with Crippen molar-refractivity contribution in [2.45, 2.75) is 32.7 Å². The Labute approximate surface area is 101 Å². The zero-order chi connectivity index (χ0) is 9.84. The lowest BCUT2D eigenvalue weighted by molar-refractivity contribution is 0.638. The minimum atomic E-state index is 0. The predicted molar refractivity (Wildman–Crippen MR) is 68.0 cm³/mol. The third-order valence-corrected chi connectivity index (χ3v) is 3.08. The molecule has 0 fully saturated rings. The lowest BCUT2D eigenvalue weighted by Crippen LogP contribution is -2.09. The summed E-state index contributed by atoms with van der Waals surface area (Å²) in [5.74, 6) is 0. The maximum Gasteiger partial charge on any atom is 0.0295 e. The van der Waals surface area contributed by atoms with E-state index in [1.807, 2.05) is 0 Å². The summed E-state index contributed by atoms with van der Waals surface area (Å²) in [6.07, 6.45) is 2.18. The molecule has 0 saturated carbocycles. The highest BCUT2D eigenvalue weighted by atomic mass is 79.9. The molecule has 0 spiro atoms. The molecule has 0 aliphatic heterocycles. The second-order valence-corrected chi connectivity index (χ2v) is 4.26. The van der Waals surface area contributed by atoms with Gasteiger partial charge in [0.05, 0.1) is 0 Å². The van der Waals surface area contributed by atoms with Crippen LogP contribution in [0.5, 0.6) is 0 Å². The van der Waals surface area contributed by atoms with Crippen molar-refractivity contribution in [3.05, 3.63) is 33.8 Å². The van der Waals surface area contributed by atoms with Crippen molar-refractivity contribution in [3.63, 3.8) is 0 Å². The van der Waals surface area contributed by atoms with Gasteiger partial charge < -0.3 is 5.73 Å². The summed E-state index contributed by atoms with van der Waals surface area (Å²) in [4.78, 5) is 0. The quantitative estimate of drug-likeness (QED) is 0.889. The van der Waals surface area contributed by atoms with Crippen LogP contribution in [-0.2, 0) is 0 Å². The van der Waals surface area contributed by atoms with Crippen molar-refractivity contribution >= 4 is 28.3 Å². The molecule has 14 heavy (non-hydrogen) atoms. The Bertz CT molecular complexity index is 289. The smallest absolute Gasteiger partial charge is 0.0295 e. The molecule has 0 bridgehead atoms. The molecular weight excluding hydrogens is 261 g/mol. The molecule has 1 aromatic rings. The van der Waals surface area contributed by atoms with Crippen LogP contribution in [0.15, 0.2) is 22.7 Å². The summed E-state index contributed by atoms with van der Waals surface area (Å²) < 4.78 is 1.15. The summed E-state index contributed by atoms with van der Waals surface area (Å²) in [5.41, 5.74) is 8.48. The van der Waals surface area contributed by atoms with Crippen molar-refractivity contribution in [2.75, 3.05) is 0 Å². The average molecular weight is 279 g/mol. The summed E-state index contributed by atoms with van der Waals surface area (Å²) >= 11 is 3.51. The average Bonchev–Trinajstić information content (AvgIpc) is 2.10. The Morgan fingerprint density at radius 1 is 1.43 bits per heavy atom. The van der Waals surface area contributed by atoms with Gasteiger partial charge in [0.1, 0.15) is 0 Å². The van der Waals surface area contributed by atoms with Crippen LogP contribution in [-0.4, -0.2) is 0 Å². The largest absolute Gasteiger partial charge is 0.324 e. The van der Waals surface area contributed by atoms with Crippen LogP contribution in [0.25, 0.3) is 0 Å². The van der Waals surface area contributed by atoms with Crippen LogP contribution < -0.4 is 5.73 Å². The number of nitrogens with two attached hydrogens (primary N) is 1. The first-order valence-corrected chi connectivity index (χ1v) is 5.46. The highest BCUT2D eigenvalue weighted by Gasteiger charge is 2.05. The molecule has 3 heteroatoms. The summed E-state index contributed by atoms with van der Waals surface area (Å²) in [5, 5.41) is 0. The van der Waals surface area contributed by atoms with Crippen molar-refractivity contribution < 1.29 is 0 Å². The molecule has 0 amide bonds. The SMILES string of the molecule is CCC[C@H](N)c1ccc(C)c(Br)c1.Cl.